The van der Waals surface area contributed by atoms with Crippen molar-refractivity contribution < 1.29 is 33.2 Å². The quantitative estimate of drug-likeness (QED) is 0.334. The molecule has 1 aromatic heterocycles. The van der Waals surface area contributed by atoms with Gasteiger partial charge in [0, 0.05) is 0 Å². The molecule has 1 aliphatic heterocycles. The molecule has 0 fully saturated rings. The molecule has 1 atom stereocenters. The number of hydrogen-bond donors (Lipinski definition) is 0. The number of carbonyl (C=O) groups is 1. The molecule has 0 aliphatic carbocycles. The third-order valence-electron chi connectivity index (χ3n) is 6.37. The van der Waals surface area contributed by atoms with Crippen LogP contribution >= 0.6 is 11.3 Å². The number of esters is 1. The Bertz CT molecular complexity index is 1640. The zero-order chi connectivity index (χ0) is 29.8. The molecule has 2 aromatic carbocycles. The monoisotopic (exact) mass is 582 g/mol. The molecule has 0 amide bonds. The summed E-state index contributed by atoms with van der Waals surface area (Å²) < 4.78 is 35.2. The van der Waals surface area contributed by atoms with Crippen molar-refractivity contribution in [3.05, 3.63) is 72.4 Å². The van der Waals surface area contributed by atoms with E-state index in [0.29, 0.717) is 54.9 Å². The predicted molar refractivity (Wildman–Crippen MR) is 155 cm³/mol. The zero-order valence-electron chi connectivity index (χ0n) is 24.4. The SMILES string of the molecule is CCOC(=O)C1=C(C)N=c2s/c(=C\c3cc(OC)c(OC)c(OC)c3)c(=O)n2[C@@H]1c1ccc(OC(C)C)c(OC)c1. The molecule has 3 aromatic rings. The van der Waals surface area contributed by atoms with Gasteiger partial charge in [-0.2, -0.15) is 0 Å². The number of hydrogen-bond acceptors (Lipinski definition) is 10. The Morgan fingerprint density at radius 1 is 1.00 bits per heavy atom. The minimum Gasteiger partial charge on any atom is -0.493 e. The van der Waals surface area contributed by atoms with Crippen LogP contribution in [0.3, 0.4) is 0 Å². The standard InChI is InChI=1S/C30H34N2O8S/c1-9-39-29(34)25-17(4)31-30-32(26(25)19-10-11-20(40-16(2)3)21(15-19)35-5)28(33)24(41-30)14-18-12-22(36-6)27(38-8)23(13-18)37-7/h10-16,26H,9H2,1-8H3/b24-14-/t26-/m1/s1. The van der Waals surface area contributed by atoms with Gasteiger partial charge < -0.3 is 28.4 Å². The first-order chi connectivity index (χ1) is 19.7. The summed E-state index contributed by atoms with van der Waals surface area (Å²) in [6.07, 6.45) is 1.66. The van der Waals surface area contributed by atoms with Crippen LogP contribution in [0.5, 0.6) is 28.7 Å². The van der Waals surface area contributed by atoms with Crippen molar-refractivity contribution in [3.8, 4) is 28.7 Å². The minimum absolute atomic E-state index is 0.0696. The van der Waals surface area contributed by atoms with Crippen molar-refractivity contribution in [3.63, 3.8) is 0 Å². The van der Waals surface area contributed by atoms with Crippen LogP contribution < -0.4 is 38.6 Å². The van der Waals surface area contributed by atoms with Gasteiger partial charge in [-0.05, 0) is 69.2 Å². The number of ether oxygens (including phenoxy) is 6. The largest absolute Gasteiger partial charge is 0.493 e. The van der Waals surface area contributed by atoms with E-state index in [9.17, 15) is 9.59 Å². The van der Waals surface area contributed by atoms with E-state index >= 15 is 0 Å². The molecule has 0 spiro atoms. The second-order valence-electron chi connectivity index (χ2n) is 9.34. The molecule has 0 bridgehead atoms. The van der Waals surface area contributed by atoms with Crippen molar-refractivity contribution in [2.75, 3.05) is 35.0 Å². The van der Waals surface area contributed by atoms with E-state index in [1.807, 2.05) is 19.9 Å². The van der Waals surface area contributed by atoms with Gasteiger partial charge in [0.05, 0.1) is 63.0 Å². The summed E-state index contributed by atoms with van der Waals surface area (Å²) in [5, 5.41) is 0. The van der Waals surface area contributed by atoms with Gasteiger partial charge in [0.15, 0.2) is 27.8 Å². The van der Waals surface area contributed by atoms with Crippen LogP contribution in [-0.2, 0) is 9.53 Å². The number of nitrogens with zero attached hydrogens (tertiary/aromatic N) is 2. The lowest BCUT2D eigenvalue weighted by Gasteiger charge is -2.25. The molecule has 0 radical (unpaired) electrons. The number of aromatic nitrogens is 1. The van der Waals surface area contributed by atoms with Crippen molar-refractivity contribution in [2.24, 2.45) is 4.99 Å². The fraction of sp³-hybridized carbons (Fsp3) is 0.367. The Kier molecular flexibility index (Phi) is 9.07. The lowest BCUT2D eigenvalue weighted by molar-refractivity contribution is -0.139. The van der Waals surface area contributed by atoms with Gasteiger partial charge in [-0.3, -0.25) is 9.36 Å². The second-order valence-corrected chi connectivity index (χ2v) is 10.3. The van der Waals surface area contributed by atoms with E-state index in [0.717, 1.165) is 0 Å². The van der Waals surface area contributed by atoms with Gasteiger partial charge in [0.1, 0.15) is 0 Å². The number of carbonyl (C=O) groups excluding carboxylic acids is 1. The first-order valence-corrected chi connectivity index (χ1v) is 13.8. The lowest BCUT2D eigenvalue weighted by atomic mass is 9.95. The third-order valence-corrected chi connectivity index (χ3v) is 7.35. The summed E-state index contributed by atoms with van der Waals surface area (Å²) in [5.41, 5.74) is 1.74. The molecule has 218 valence electrons. The number of fused-ring (bicyclic) bond motifs is 1. The molecule has 1 aliphatic rings. The second kappa shape index (κ2) is 12.5. The van der Waals surface area contributed by atoms with Crippen LogP contribution in [0.2, 0.25) is 0 Å². The molecule has 0 N–H and O–H groups in total. The van der Waals surface area contributed by atoms with Crippen molar-refractivity contribution in [1.29, 1.82) is 0 Å². The molecule has 2 heterocycles. The molecular formula is C30H34N2O8S. The zero-order valence-corrected chi connectivity index (χ0v) is 25.2. The highest BCUT2D eigenvalue weighted by Crippen LogP contribution is 2.39. The van der Waals surface area contributed by atoms with E-state index in [2.05, 4.69) is 4.99 Å². The van der Waals surface area contributed by atoms with Crippen LogP contribution in [0.15, 0.2) is 51.4 Å². The summed E-state index contributed by atoms with van der Waals surface area (Å²) in [5.74, 6) is 1.86. The fourth-order valence-electron chi connectivity index (χ4n) is 4.65. The highest BCUT2D eigenvalue weighted by atomic mass is 32.1. The minimum atomic E-state index is -0.797. The van der Waals surface area contributed by atoms with E-state index < -0.39 is 12.0 Å². The fourth-order valence-corrected chi connectivity index (χ4v) is 5.70. The molecular weight excluding hydrogens is 548 g/mol. The summed E-state index contributed by atoms with van der Waals surface area (Å²) in [6, 6.07) is 8.08. The summed E-state index contributed by atoms with van der Waals surface area (Å²) in [6.45, 7) is 7.49. The van der Waals surface area contributed by atoms with Crippen LogP contribution in [0, 0.1) is 0 Å². The van der Waals surface area contributed by atoms with Gasteiger partial charge >= 0.3 is 5.97 Å². The van der Waals surface area contributed by atoms with E-state index in [-0.39, 0.29) is 23.8 Å². The number of allylic oxidation sites excluding steroid dienone is 1. The smallest absolute Gasteiger partial charge is 0.338 e. The molecule has 10 nitrogen and oxygen atoms in total. The average molecular weight is 583 g/mol. The van der Waals surface area contributed by atoms with Gasteiger partial charge in [0.25, 0.3) is 5.56 Å². The highest BCUT2D eigenvalue weighted by Gasteiger charge is 2.34. The molecule has 0 unspecified atom stereocenters. The Morgan fingerprint density at radius 3 is 2.22 bits per heavy atom. The van der Waals surface area contributed by atoms with Crippen LogP contribution in [0.1, 0.15) is 44.9 Å². The molecule has 41 heavy (non-hydrogen) atoms. The molecule has 0 saturated heterocycles. The number of benzene rings is 2. The van der Waals surface area contributed by atoms with E-state index in [1.165, 1.54) is 37.2 Å². The predicted octanol–water partition coefficient (Wildman–Crippen LogP) is 3.62. The molecule has 4 rings (SSSR count). The maximum atomic E-state index is 14.0. The summed E-state index contributed by atoms with van der Waals surface area (Å²) in [4.78, 5) is 32.3. The molecule has 0 saturated carbocycles. The Labute approximate surface area is 242 Å². The van der Waals surface area contributed by atoms with Gasteiger partial charge in [0.2, 0.25) is 5.75 Å². The number of thiazole rings is 1. The van der Waals surface area contributed by atoms with Crippen molar-refractivity contribution >= 4 is 23.4 Å². The maximum Gasteiger partial charge on any atom is 0.338 e. The Balaban J connectivity index is 1.95. The maximum absolute atomic E-state index is 14.0. The van der Waals surface area contributed by atoms with Crippen LogP contribution in [0.4, 0.5) is 0 Å². The normalized spacial score (nSPS) is 14.9. The van der Waals surface area contributed by atoms with Crippen LogP contribution in [-0.4, -0.2) is 51.7 Å². The van der Waals surface area contributed by atoms with Gasteiger partial charge in [-0.25, -0.2) is 9.79 Å². The van der Waals surface area contributed by atoms with Crippen molar-refractivity contribution in [1.82, 2.24) is 4.57 Å². The lowest BCUT2D eigenvalue weighted by Crippen LogP contribution is -2.40. The first-order valence-electron chi connectivity index (χ1n) is 13.0. The highest BCUT2D eigenvalue weighted by molar-refractivity contribution is 7.07. The summed E-state index contributed by atoms with van der Waals surface area (Å²) in [7, 11) is 6.13. The van der Waals surface area contributed by atoms with Crippen molar-refractivity contribution in [2.45, 2.75) is 39.8 Å². The first kappa shape index (κ1) is 29.7. The van der Waals surface area contributed by atoms with Gasteiger partial charge in [-0.15, -0.1) is 0 Å². The number of methoxy groups -OCH3 is 4. The Hall–Kier alpha value is -4.25. The van der Waals surface area contributed by atoms with Crippen LogP contribution in [0.25, 0.3) is 6.08 Å². The average Bonchev–Trinajstić information content (AvgIpc) is 3.25. The van der Waals surface area contributed by atoms with E-state index in [4.69, 9.17) is 28.4 Å². The topological polar surface area (TPSA) is 107 Å². The Morgan fingerprint density at radius 2 is 1.66 bits per heavy atom. The number of rotatable bonds is 10. The molecule has 11 heteroatoms. The van der Waals surface area contributed by atoms with E-state index in [1.54, 1.807) is 51.3 Å². The summed E-state index contributed by atoms with van der Waals surface area (Å²) >= 11 is 1.22. The third kappa shape index (κ3) is 5.81. The van der Waals surface area contributed by atoms with Gasteiger partial charge in [-0.1, -0.05) is 17.4 Å².